The lowest BCUT2D eigenvalue weighted by atomic mass is 10.3. The number of nitrogens with one attached hydrogen (secondary N) is 1. The summed E-state index contributed by atoms with van der Waals surface area (Å²) in [5.41, 5.74) is 7.01. The second kappa shape index (κ2) is 7.31. The molecule has 6 heteroatoms. The quantitative estimate of drug-likeness (QED) is 0.638. The van der Waals surface area contributed by atoms with Gasteiger partial charge in [-0.3, -0.25) is 4.79 Å². The Morgan fingerprint density at radius 1 is 1.35 bits per heavy atom. The number of carbonyl (C=O) groups excluding carboxylic acids is 1. The smallest absolute Gasteiger partial charge is 0.225 e. The van der Waals surface area contributed by atoms with E-state index in [0.29, 0.717) is 17.9 Å². The summed E-state index contributed by atoms with van der Waals surface area (Å²) in [4.78, 5) is 16.0. The van der Waals surface area contributed by atoms with Gasteiger partial charge in [-0.2, -0.15) is 0 Å². The molecule has 0 bridgehead atoms. The van der Waals surface area contributed by atoms with Crippen LogP contribution in [0, 0.1) is 0 Å². The van der Waals surface area contributed by atoms with Gasteiger partial charge in [0.1, 0.15) is 5.03 Å². The summed E-state index contributed by atoms with van der Waals surface area (Å²) in [7, 11) is 0. The summed E-state index contributed by atoms with van der Waals surface area (Å²) in [6, 6.07) is 10.9. The predicted molar refractivity (Wildman–Crippen MR) is 86.8 cm³/mol. The fourth-order valence-electron chi connectivity index (χ4n) is 1.56. The molecular formula is C14H14BrN3OS. The van der Waals surface area contributed by atoms with Crippen LogP contribution in [0.5, 0.6) is 0 Å². The molecule has 1 heterocycles. The average molecular weight is 352 g/mol. The van der Waals surface area contributed by atoms with Gasteiger partial charge in [0.25, 0.3) is 0 Å². The first-order valence-corrected chi connectivity index (χ1v) is 7.82. The van der Waals surface area contributed by atoms with Gasteiger partial charge >= 0.3 is 0 Å². The molecule has 0 radical (unpaired) electrons. The lowest BCUT2D eigenvalue weighted by Gasteiger charge is -2.06. The van der Waals surface area contributed by atoms with E-state index in [1.807, 2.05) is 24.3 Å². The first-order valence-electron chi connectivity index (χ1n) is 6.04. The Bertz CT molecular complexity index is 606. The van der Waals surface area contributed by atoms with Crippen molar-refractivity contribution < 1.29 is 4.79 Å². The molecule has 20 heavy (non-hydrogen) atoms. The van der Waals surface area contributed by atoms with E-state index >= 15 is 0 Å². The zero-order chi connectivity index (χ0) is 14.4. The fourth-order valence-corrected chi connectivity index (χ4v) is 2.98. The number of hydrogen-bond donors (Lipinski definition) is 2. The maximum atomic E-state index is 11.8. The van der Waals surface area contributed by atoms with E-state index in [1.165, 1.54) is 0 Å². The number of amides is 1. The van der Waals surface area contributed by atoms with Crippen LogP contribution in [0.4, 0.5) is 11.4 Å². The Balaban J connectivity index is 1.80. The Hall–Kier alpha value is -1.53. The van der Waals surface area contributed by atoms with Crippen LogP contribution in [0.15, 0.2) is 52.1 Å². The third-order valence-electron chi connectivity index (χ3n) is 2.46. The number of carbonyl (C=O) groups is 1. The zero-order valence-corrected chi connectivity index (χ0v) is 13.1. The maximum absolute atomic E-state index is 11.8. The summed E-state index contributed by atoms with van der Waals surface area (Å²) < 4.78 is 0.946. The van der Waals surface area contributed by atoms with Gasteiger partial charge in [0.15, 0.2) is 0 Å². The van der Waals surface area contributed by atoms with Crippen LogP contribution in [-0.4, -0.2) is 16.6 Å². The van der Waals surface area contributed by atoms with Crippen LogP contribution in [-0.2, 0) is 4.79 Å². The number of anilines is 2. The van der Waals surface area contributed by atoms with Gasteiger partial charge in [-0.15, -0.1) is 11.8 Å². The number of aromatic nitrogens is 1. The van der Waals surface area contributed by atoms with E-state index < -0.39 is 0 Å². The third-order valence-corrected chi connectivity index (χ3v) is 4.37. The number of nitrogens with zero attached hydrogens (tertiary/aromatic N) is 1. The minimum absolute atomic E-state index is 0.0323. The number of hydrogen-bond acceptors (Lipinski definition) is 4. The van der Waals surface area contributed by atoms with Crippen LogP contribution in [0.2, 0.25) is 0 Å². The molecule has 0 spiro atoms. The molecule has 0 aliphatic rings. The van der Waals surface area contributed by atoms with E-state index in [1.54, 1.807) is 30.1 Å². The standard InChI is InChI=1S/C14H14BrN3OS/c15-12-5-2-7-17-14(12)20-8-6-13(19)18-11-4-1-3-10(16)9-11/h1-5,7,9H,6,8,16H2,(H,18,19). The molecule has 2 aromatic rings. The highest BCUT2D eigenvalue weighted by Crippen LogP contribution is 2.25. The molecule has 1 aromatic heterocycles. The molecule has 1 amide bonds. The second-order valence-corrected chi connectivity index (χ2v) is 6.00. The second-order valence-electron chi connectivity index (χ2n) is 4.06. The Labute approximate surface area is 130 Å². The normalized spacial score (nSPS) is 10.2. The van der Waals surface area contributed by atoms with Crippen molar-refractivity contribution in [2.75, 3.05) is 16.8 Å². The Morgan fingerprint density at radius 3 is 2.95 bits per heavy atom. The predicted octanol–water partition coefficient (Wildman–Crippen LogP) is 3.55. The first kappa shape index (κ1) is 14.9. The van der Waals surface area contributed by atoms with Crippen molar-refractivity contribution in [3.05, 3.63) is 47.1 Å². The number of nitrogens with two attached hydrogens (primary N) is 1. The SMILES string of the molecule is Nc1cccc(NC(=O)CCSc2ncccc2Br)c1. The number of halogens is 1. The highest BCUT2D eigenvalue weighted by molar-refractivity contribution is 9.10. The molecule has 0 aliphatic heterocycles. The summed E-state index contributed by atoms with van der Waals surface area (Å²) in [6.07, 6.45) is 2.16. The molecule has 2 rings (SSSR count). The minimum atomic E-state index is -0.0323. The van der Waals surface area contributed by atoms with Crippen molar-refractivity contribution >= 4 is 45.0 Å². The molecule has 0 saturated carbocycles. The lowest BCUT2D eigenvalue weighted by molar-refractivity contribution is -0.115. The third kappa shape index (κ3) is 4.54. The molecular weight excluding hydrogens is 338 g/mol. The highest BCUT2D eigenvalue weighted by Gasteiger charge is 2.05. The Kier molecular flexibility index (Phi) is 5.43. The molecule has 0 atom stereocenters. The molecule has 0 fully saturated rings. The minimum Gasteiger partial charge on any atom is -0.399 e. The van der Waals surface area contributed by atoms with Gasteiger partial charge in [-0.05, 0) is 46.3 Å². The number of nitrogen functional groups attached to an aromatic ring is 1. The van der Waals surface area contributed by atoms with Gasteiger partial charge in [-0.25, -0.2) is 4.98 Å². The van der Waals surface area contributed by atoms with E-state index in [2.05, 4.69) is 26.2 Å². The average Bonchev–Trinajstić information content (AvgIpc) is 2.41. The van der Waals surface area contributed by atoms with Crippen molar-refractivity contribution in [2.24, 2.45) is 0 Å². The summed E-state index contributed by atoms with van der Waals surface area (Å²) in [6.45, 7) is 0. The first-order chi connectivity index (χ1) is 9.65. The molecule has 104 valence electrons. The van der Waals surface area contributed by atoms with Gasteiger partial charge in [0.2, 0.25) is 5.91 Å². The maximum Gasteiger partial charge on any atom is 0.225 e. The van der Waals surface area contributed by atoms with Gasteiger partial charge in [0, 0.05) is 34.2 Å². The van der Waals surface area contributed by atoms with Crippen molar-refractivity contribution in [3.63, 3.8) is 0 Å². The molecule has 0 aliphatic carbocycles. The summed E-state index contributed by atoms with van der Waals surface area (Å²) in [5.74, 6) is 0.638. The number of thioether (sulfide) groups is 1. The molecule has 1 aromatic carbocycles. The van der Waals surface area contributed by atoms with E-state index in [0.717, 1.165) is 15.2 Å². The zero-order valence-electron chi connectivity index (χ0n) is 10.7. The number of benzene rings is 1. The van der Waals surface area contributed by atoms with E-state index in [4.69, 9.17) is 5.73 Å². The topological polar surface area (TPSA) is 68.0 Å². The van der Waals surface area contributed by atoms with Gasteiger partial charge in [-0.1, -0.05) is 6.07 Å². The largest absolute Gasteiger partial charge is 0.399 e. The van der Waals surface area contributed by atoms with Crippen molar-refractivity contribution in [1.82, 2.24) is 4.98 Å². The molecule has 3 N–H and O–H groups in total. The van der Waals surface area contributed by atoms with Crippen LogP contribution in [0.1, 0.15) is 6.42 Å². The van der Waals surface area contributed by atoms with Crippen molar-refractivity contribution in [3.8, 4) is 0 Å². The summed E-state index contributed by atoms with van der Waals surface area (Å²) in [5, 5.41) is 3.71. The van der Waals surface area contributed by atoms with Gasteiger partial charge < -0.3 is 11.1 Å². The van der Waals surface area contributed by atoms with Crippen LogP contribution < -0.4 is 11.1 Å². The Morgan fingerprint density at radius 2 is 2.20 bits per heavy atom. The van der Waals surface area contributed by atoms with Crippen molar-refractivity contribution in [1.29, 1.82) is 0 Å². The monoisotopic (exact) mass is 351 g/mol. The lowest BCUT2D eigenvalue weighted by Crippen LogP contribution is -2.12. The molecule has 0 saturated heterocycles. The molecule has 4 nitrogen and oxygen atoms in total. The number of pyridine rings is 1. The molecule has 0 unspecified atom stereocenters. The van der Waals surface area contributed by atoms with Crippen LogP contribution >= 0.6 is 27.7 Å². The van der Waals surface area contributed by atoms with Crippen molar-refractivity contribution in [2.45, 2.75) is 11.4 Å². The van der Waals surface area contributed by atoms with E-state index in [-0.39, 0.29) is 5.91 Å². The van der Waals surface area contributed by atoms with Crippen LogP contribution in [0.3, 0.4) is 0 Å². The summed E-state index contributed by atoms with van der Waals surface area (Å²) >= 11 is 4.97. The van der Waals surface area contributed by atoms with E-state index in [9.17, 15) is 4.79 Å². The fraction of sp³-hybridized carbons (Fsp3) is 0.143. The number of rotatable bonds is 5. The van der Waals surface area contributed by atoms with Crippen LogP contribution in [0.25, 0.3) is 0 Å². The van der Waals surface area contributed by atoms with Gasteiger partial charge in [0.05, 0.1) is 0 Å². The highest BCUT2D eigenvalue weighted by atomic mass is 79.9.